The van der Waals surface area contributed by atoms with Crippen LogP contribution in [0.3, 0.4) is 0 Å². The number of methoxy groups -OCH3 is 1. The van der Waals surface area contributed by atoms with Gasteiger partial charge < -0.3 is 23.9 Å². The minimum atomic E-state index is -0.302. The predicted octanol–water partition coefficient (Wildman–Crippen LogP) is 3.89. The van der Waals surface area contributed by atoms with E-state index in [1.165, 1.54) is 12.8 Å². The first-order valence-corrected chi connectivity index (χ1v) is 11.3. The quantitative estimate of drug-likeness (QED) is 0.435. The van der Waals surface area contributed by atoms with E-state index in [1.807, 2.05) is 62.6 Å². The van der Waals surface area contributed by atoms with Crippen LogP contribution in [0, 0.1) is 19.8 Å². The van der Waals surface area contributed by atoms with E-state index < -0.39 is 0 Å². The Labute approximate surface area is 202 Å². The topological polar surface area (TPSA) is 115 Å². The second-order valence-corrected chi connectivity index (χ2v) is 8.41. The van der Waals surface area contributed by atoms with Crippen molar-refractivity contribution < 1.29 is 18.8 Å². The summed E-state index contributed by atoms with van der Waals surface area (Å²) in [6, 6.07) is 11.6. The molecule has 1 saturated heterocycles. The van der Waals surface area contributed by atoms with Crippen LogP contribution in [0.15, 0.2) is 53.3 Å². The molecule has 1 N–H and O–H groups in total. The molecule has 5 rings (SSSR count). The number of pyridine rings is 1. The zero-order valence-electron chi connectivity index (χ0n) is 20.0. The molecule has 1 aliphatic heterocycles. The molecule has 1 aliphatic rings. The van der Waals surface area contributed by atoms with E-state index in [1.54, 1.807) is 4.90 Å². The van der Waals surface area contributed by atoms with Crippen molar-refractivity contribution in [1.82, 2.24) is 24.4 Å². The number of imidazole rings is 1. The summed E-state index contributed by atoms with van der Waals surface area (Å²) in [5, 5.41) is 6.68. The number of fused-ring (bicyclic) bond motifs is 1. The minimum Gasteiger partial charge on any atom is -0.453 e. The lowest BCUT2D eigenvalue weighted by molar-refractivity contribution is -0.105. The highest BCUT2D eigenvalue weighted by atomic mass is 16.5. The molecule has 35 heavy (non-hydrogen) atoms. The molecule has 0 radical (unpaired) electrons. The van der Waals surface area contributed by atoms with Gasteiger partial charge in [0.25, 0.3) is 0 Å². The van der Waals surface area contributed by atoms with Crippen molar-refractivity contribution in [3.63, 3.8) is 0 Å². The monoisotopic (exact) mass is 476 g/mol. The van der Waals surface area contributed by atoms with Gasteiger partial charge in [-0.15, -0.1) is 0 Å². The number of nitrogens with one attached hydrogen (secondary N) is 1. The maximum absolute atomic E-state index is 11.5. The highest BCUT2D eigenvalue weighted by Crippen LogP contribution is 2.25. The van der Waals surface area contributed by atoms with Crippen molar-refractivity contribution in [1.29, 1.82) is 0 Å². The van der Waals surface area contributed by atoms with Gasteiger partial charge in [0.1, 0.15) is 5.65 Å². The van der Waals surface area contributed by atoms with E-state index in [0.29, 0.717) is 43.3 Å². The van der Waals surface area contributed by atoms with Gasteiger partial charge in [0, 0.05) is 48.8 Å². The maximum atomic E-state index is 11.5. The normalized spacial score (nSPS) is 14.9. The smallest absolute Gasteiger partial charge is 0.409 e. The number of carbonyl (C=O) groups is 2. The van der Waals surface area contributed by atoms with E-state index in [0.717, 1.165) is 23.2 Å². The third-order valence-corrected chi connectivity index (χ3v) is 5.96. The predicted molar refractivity (Wildman–Crippen MR) is 130 cm³/mol. The van der Waals surface area contributed by atoms with E-state index >= 15 is 0 Å². The fourth-order valence-corrected chi connectivity index (χ4v) is 4.04. The van der Waals surface area contributed by atoms with Crippen LogP contribution in [0.5, 0.6) is 0 Å². The number of carbonyl (C=O) groups excluding carboxylic acids is 2. The average molecular weight is 477 g/mol. The van der Waals surface area contributed by atoms with Gasteiger partial charge in [0.2, 0.25) is 18.1 Å². The number of anilines is 1. The highest BCUT2D eigenvalue weighted by molar-refractivity contribution is 5.76. The minimum absolute atomic E-state index is 0.276. The third-order valence-electron chi connectivity index (χ3n) is 5.96. The molecule has 1 unspecified atom stereocenters. The summed E-state index contributed by atoms with van der Waals surface area (Å²) in [5.74, 6) is 1.29. The lowest BCUT2D eigenvalue weighted by atomic mass is 10.1. The summed E-state index contributed by atoms with van der Waals surface area (Å²) >= 11 is 0. The van der Waals surface area contributed by atoms with Crippen LogP contribution in [0.1, 0.15) is 23.6 Å². The van der Waals surface area contributed by atoms with Gasteiger partial charge in [-0.1, -0.05) is 23.4 Å². The molecular formula is C25H28N6O4. The van der Waals surface area contributed by atoms with Crippen molar-refractivity contribution in [2.24, 2.45) is 5.92 Å². The fraction of sp³-hybridized carbons (Fsp3) is 0.320. The van der Waals surface area contributed by atoms with Crippen LogP contribution < -0.4 is 5.32 Å². The van der Waals surface area contributed by atoms with Gasteiger partial charge in [-0.25, -0.2) is 9.78 Å². The highest BCUT2D eigenvalue weighted by Gasteiger charge is 2.28. The van der Waals surface area contributed by atoms with Crippen molar-refractivity contribution in [3.05, 3.63) is 65.9 Å². The first-order valence-electron chi connectivity index (χ1n) is 11.3. The molecule has 0 bridgehead atoms. The summed E-state index contributed by atoms with van der Waals surface area (Å²) in [4.78, 5) is 32.5. The van der Waals surface area contributed by atoms with Gasteiger partial charge in [-0.2, -0.15) is 4.98 Å². The molecule has 182 valence electrons. The zero-order chi connectivity index (χ0) is 24.8. The molecule has 4 aromatic rings. The SMILES string of the molecule is COC(=O)N1CCC(Cc2nc(-c3ccc(C)c(NC=O)c3)no2)C1.Cc1cnc2ccccn12. The summed E-state index contributed by atoms with van der Waals surface area (Å²) in [7, 11) is 1.38. The van der Waals surface area contributed by atoms with Crippen LogP contribution >= 0.6 is 0 Å². The number of likely N-dealkylation sites (tertiary alicyclic amines) is 1. The Morgan fingerprint density at radius 1 is 1.29 bits per heavy atom. The van der Waals surface area contributed by atoms with E-state index in [4.69, 9.17) is 9.26 Å². The molecule has 0 saturated carbocycles. The van der Waals surface area contributed by atoms with E-state index in [2.05, 4.69) is 24.8 Å². The van der Waals surface area contributed by atoms with E-state index in [-0.39, 0.29) is 12.0 Å². The van der Waals surface area contributed by atoms with Crippen LogP contribution in [-0.4, -0.2) is 57.1 Å². The second kappa shape index (κ2) is 10.8. The van der Waals surface area contributed by atoms with Crippen LogP contribution in [0.4, 0.5) is 10.5 Å². The fourth-order valence-electron chi connectivity index (χ4n) is 4.04. The number of rotatable bonds is 5. The number of hydrogen-bond donors (Lipinski definition) is 1. The second-order valence-electron chi connectivity index (χ2n) is 8.41. The summed E-state index contributed by atoms with van der Waals surface area (Å²) in [6.45, 7) is 5.25. The summed E-state index contributed by atoms with van der Waals surface area (Å²) < 4.78 is 12.1. The molecule has 1 aromatic carbocycles. The molecule has 10 nitrogen and oxygen atoms in total. The molecule has 2 amide bonds. The standard InChI is InChI=1S/C17H20N4O4.C8H8N2/c1-11-3-4-13(8-14(11)18-10-22)16-19-15(25-20-16)7-12-5-6-21(9-12)17(23)24-2;1-7-6-9-8-4-2-3-5-10(7)8/h3-4,8,10,12H,5-7,9H2,1-2H3,(H,18,22);2-6H,1H3. The molecule has 1 atom stereocenters. The van der Waals surface area contributed by atoms with Crippen LogP contribution in [0.25, 0.3) is 17.0 Å². The van der Waals surface area contributed by atoms with E-state index in [9.17, 15) is 9.59 Å². The number of aryl methyl sites for hydroxylation is 2. The lowest BCUT2D eigenvalue weighted by Crippen LogP contribution is -2.28. The molecular weight excluding hydrogens is 448 g/mol. The van der Waals surface area contributed by atoms with Crippen molar-refractivity contribution >= 4 is 23.8 Å². The van der Waals surface area contributed by atoms with Crippen LogP contribution in [-0.2, 0) is 16.0 Å². The largest absolute Gasteiger partial charge is 0.453 e. The number of aromatic nitrogens is 4. The Bertz CT molecular complexity index is 1310. The zero-order valence-corrected chi connectivity index (χ0v) is 20.0. The van der Waals surface area contributed by atoms with Crippen molar-refractivity contribution in [3.8, 4) is 11.4 Å². The van der Waals surface area contributed by atoms with Gasteiger partial charge in [0.05, 0.1) is 7.11 Å². The number of hydrogen-bond acceptors (Lipinski definition) is 7. The van der Waals surface area contributed by atoms with Crippen LogP contribution in [0.2, 0.25) is 0 Å². The summed E-state index contributed by atoms with van der Waals surface area (Å²) in [6.07, 6.45) is 5.72. The molecule has 0 spiro atoms. The average Bonchev–Trinajstić information content (AvgIpc) is 3.62. The Balaban J connectivity index is 0.000000239. The van der Waals surface area contributed by atoms with Crippen molar-refractivity contribution in [2.45, 2.75) is 26.7 Å². The number of ether oxygens (including phenoxy) is 1. The van der Waals surface area contributed by atoms with Gasteiger partial charge >= 0.3 is 6.09 Å². The first-order chi connectivity index (χ1) is 17.0. The van der Waals surface area contributed by atoms with Crippen molar-refractivity contribution in [2.75, 3.05) is 25.5 Å². The molecule has 3 aromatic heterocycles. The number of amides is 2. The number of nitrogens with zero attached hydrogens (tertiary/aromatic N) is 5. The molecule has 10 heteroatoms. The molecule has 1 fully saturated rings. The third kappa shape index (κ3) is 5.65. The van der Waals surface area contributed by atoms with Gasteiger partial charge in [0.15, 0.2) is 0 Å². The van der Waals surface area contributed by atoms with Gasteiger partial charge in [-0.05, 0) is 49.9 Å². The molecule has 4 heterocycles. The lowest BCUT2D eigenvalue weighted by Gasteiger charge is -2.13. The Morgan fingerprint density at radius 3 is 2.91 bits per heavy atom. The Kier molecular flexibility index (Phi) is 7.39. The molecule has 0 aliphatic carbocycles. The first kappa shape index (κ1) is 23.9. The summed E-state index contributed by atoms with van der Waals surface area (Å²) in [5.41, 5.74) is 4.62. The maximum Gasteiger partial charge on any atom is 0.409 e. The Morgan fingerprint density at radius 2 is 2.14 bits per heavy atom. The number of benzene rings is 1. The van der Waals surface area contributed by atoms with Gasteiger partial charge in [-0.3, -0.25) is 4.79 Å². The Hall–Kier alpha value is -4.21.